The van der Waals surface area contributed by atoms with Gasteiger partial charge in [0.2, 0.25) is 10.0 Å². The molecule has 1 saturated heterocycles. The first kappa shape index (κ1) is 13.9. The van der Waals surface area contributed by atoms with Gasteiger partial charge in [0, 0.05) is 26.2 Å². The number of nitrogens with zero attached hydrogens (tertiary/aromatic N) is 2. The van der Waals surface area contributed by atoms with Crippen molar-refractivity contribution in [1.82, 2.24) is 9.21 Å². The summed E-state index contributed by atoms with van der Waals surface area (Å²) < 4.78 is 40.0. The van der Waals surface area contributed by atoms with Crippen molar-refractivity contribution in [3.63, 3.8) is 0 Å². The van der Waals surface area contributed by atoms with Gasteiger partial charge < -0.3 is 4.90 Å². The van der Waals surface area contributed by atoms with E-state index in [9.17, 15) is 12.8 Å². The van der Waals surface area contributed by atoms with Gasteiger partial charge in [-0.25, -0.2) is 12.8 Å². The van der Waals surface area contributed by atoms with E-state index in [0.717, 1.165) is 0 Å². The molecular formula is C11H14BrFN2O2S. The fraction of sp³-hybridized carbons (Fsp3) is 0.455. The van der Waals surface area contributed by atoms with E-state index < -0.39 is 15.8 Å². The third kappa shape index (κ3) is 2.59. The van der Waals surface area contributed by atoms with Crippen LogP contribution in [0.1, 0.15) is 0 Å². The molecule has 0 spiro atoms. The number of halogens is 2. The van der Waals surface area contributed by atoms with E-state index in [1.807, 2.05) is 11.9 Å². The van der Waals surface area contributed by atoms with Crippen LogP contribution in [0.2, 0.25) is 0 Å². The van der Waals surface area contributed by atoms with Crippen molar-refractivity contribution in [2.75, 3.05) is 33.2 Å². The van der Waals surface area contributed by atoms with Crippen LogP contribution in [0.15, 0.2) is 27.6 Å². The summed E-state index contributed by atoms with van der Waals surface area (Å²) in [7, 11) is -1.80. The Balaban J connectivity index is 2.34. The SMILES string of the molecule is CN1CCN(S(=O)(=O)c2cccc(Br)c2F)CC1. The lowest BCUT2D eigenvalue weighted by Gasteiger charge is -2.31. The molecule has 1 aromatic rings. The molecule has 1 heterocycles. The Bertz CT molecular complexity index is 542. The van der Waals surface area contributed by atoms with Crippen LogP contribution in [-0.2, 0) is 10.0 Å². The number of hydrogen-bond acceptors (Lipinski definition) is 3. The molecule has 1 aromatic carbocycles. The molecule has 0 aliphatic carbocycles. The van der Waals surface area contributed by atoms with Crippen LogP contribution in [0.3, 0.4) is 0 Å². The minimum Gasteiger partial charge on any atom is -0.304 e. The second-order valence-electron chi connectivity index (χ2n) is 4.26. The average Bonchev–Trinajstić information content (AvgIpc) is 2.33. The van der Waals surface area contributed by atoms with Gasteiger partial charge in [-0.3, -0.25) is 0 Å². The summed E-state index contributed by atoms with van der Waals surface area (Å²) in [6.45, 7) is 2.11. The van der Waals surface area contributed by atoms with Crippen LogP contribution in [0.4, 0.5) is 4.39 Å². The molecule has 2 rings (SSSR count). The molecular weight excluding hydrogens is 323 g/mol. The van der Waals surface area contributed by atoms with Crippen LogP contribution in [0.25, 0.3) is 0 Å². The van der Waals surface area contributed by atoms with Crippen LogP contribution < -0.4 is 0 Å². The minimum absolute atomic E-state index is 0.165. The maximum atomic E-state index is 13.9. The van der Waals surface area contributed by atoms with Crippen molar-refractivity contribution in [3.8, 4) is 0 Å². The van der Waals surface area contributed by atoms with Crippen LogP contribution >= 0.6 is 15.9 Å². The Morgan fingerprint density at radius 1 is 1.22 bits per heavy atom. The van der Waals surface area contributed by atoms with E-state index in [-0.39, 0.29) is 9.37 Å². The monoisotopic (exact) mass is 336 g/mol. The Labute approximate surface area is 115 Å². The van der Waals surface area contributed by atoms with Gasteiger partial charge in [-0.1, -0.05) is 6.07 Å². The van der Waals surface area contributed by atoms with Crippen molar-refractivity contribution in [1.29, 1.82) is 0 Å². The Morgan fingerprint density at radius 2 is 1.83 bits per heavy atom. The van der Waals surface area contributed by atoms with E-state index in [1.54, 1.807) is 0 Å². The Kier molecular flexibility index (Phi) is 4.05. The highest BCUT2D eigenvalue weighted by atomic mass is 79.9. The molecule has 7 heteroatoms. The zero-order chi connectivity index (χ0) is 13.3. The molecule has 1 aliphatic heterocycles. The summed E-state index contributed by atoms with van der Waals surface area (Å²) in [5.41, 5.74) is 0. The lowest BCUT2D eigenvalue weighted by atomic mass is 10.3. The molecule has 0 radical (unpaired) electrons. The third-order valence-corrected chi connectivity index (χ3v) is 5.52. The second-order valence-corrected chi connectivity index (χ2v) is 7.02. The van der Waals surface area contributed by atoms with Gasteiger partial charge in [0.05, 0.1) is 4.47 Å². The number of benzene rings is 1. The topological polar surface area (TPSA) is 40.6 Å². The summed E-state index contributed by atoms with van der Waals surface area (Å²) >= 11 is 3.01. The zero-order valence-electron chi connectivity index (χ0n) is 9.94. The molecule has 18 heavy (non-hydrogen) atoms. The highest BCUT2D eigenvalue weighted by Gasteiger charge is 2.30. The lowest BCUT2D eigenvalue weighted by Crippen LogP contribution is -2.47. The van der Waals surface area contributed by atoms with Crippen LogP contribution in [0.5, 0.6) is 0 Å². The summed E-state index contributed by atoms with van der Waals surface area (Å²) in [4.78, 5) is 1.78. The summed E-state index contributed by atoms with van der Waals surface area (Å²) in [6.07, 6.45) is 0. The van der Waals surface area contributed by atoms with Gasteiger partial charge in [-0.05, 0) is 35.1 Å². The number of piperazine rings is 1. The van der Waals surface area contributed by atoms with Gasteiger partial charge in [0.1, 0.15) is 4.90 Å². The van der Waals surface area contributed by atoms with Gasteiger partial charge >= 0.3 is 0 Å². The van der Waals surface area contributed by atoms with Crippen molar-refractivity contribution in [2.24, 2.45) is 0 Å². The molecule has 0 amide bonds. The molecule has 1 aliphatic rings. The zero-order valence-corrected chi connectivity index (χ0v) is 12.3. The fourth-order valence-electron chi connectivity index (χ4n) is 1.85. The predicted octanol–water partition coefficient (Wildman–Crippen LogP) is 1.52. The third-order valence-electron chi connectivity index (χ3n) is 3.00. The molecule has 1 fully saturated rings. The van der Waals surface area contributed by atoms with Gasteiger partial charge in [-0.15, -0.1) is 0 Å². The first-order valence-electron chi connectivity index (χ1n) is 5.55. The smallest absolute Gasteiger partial charge is 0.246 e. The van der Waals surface area contributed by atoms with Gasteiger partial charge in [0.25, 0.3) is 0 Å². The lowest BCUT2D eigenvalue weighted by molar-refractivity contribution is 0.222. The molecule has 0 aromatic heterocycles. The van der Waals surface area contributed by atoms with E-state index in [2.05, 4.69) is 15.9 Å². The van der Waals surface area contributed by atoms with Crippen molar-refractivity contribution < 1.29 is 12.8 Å². The maximum Gasteiger partial charge on any atom is 0.246 e. The van der Waals surface area contributed by atoms with E-state index in [4.69, 9.17) is 0 Å². The quantitative estimate of drug-likeness (QED) is 0.822. The molecule has 100 valence electrons. The van der Waals surface area contributed by atoms with Crippen molar-refractivity contribution in [3.05, 3.63) is 28.5 Å². The van der Waals surface area contributed by atoms with E-state index >= 15 is 0 Å². The standard InChI is InChI=1S/C11H14BrFN2O2S/c1-14-5-7-15(8-6-14)18(16,17)10-4-2-3-9(12)11(10)13/h2-4H,5-8H2,1H3. The number of likely N-dealkylation sites (N-methyl/N-ethyl adjacent to an activating group) is 1. The number of sulfonamides is 1. The Hall–Kier alpha value is -0.500. The molecule has 0 unspecified atom stereocenters. The number of hydrogen-bond donors (Lipinski definition) is 0. The normalized spacial score (nSPS) is 19.1. The highest BCUT2D eigenvalue weighted by molar-refractivity contribution is 9.10. The summed E-state index contributed by atoms with van der Waals surface area (Å²) in [5.74, 6) is -0.726. The van der Waals surface area contributed by atoms with Crippen LogP contribution in [-0.4, -0.2) is 50.8 Å². The van der Waals surface area contributed by atoms with Gasteiger partial charge in [0.15, 0.2) is 5.82 Å². The van der Waals surface area contributed by atoms with Crippen molar-refractivity contribution >= 4 is 26.0 Å². The fourth-order valence-corrected chi connectivity index (χ4v) is 3.86. The molecule has 0 atom stereocenters. The number of rotatable bonds is 2. The summed E-state index contributed by atoms with van der Waals surface area (Å²) in [5, 5.41) is 0. The van der Waals surface area contributed by atoms with Gasteiger partial charge in [-0.2, -0.15) is 4.31 Å². The van der Waals surface area contributed by atoms with Crippen LogP contribution in [0, 0.1) is 5.82 Å². The molecule has 0 N–H and O–H groups in total. The molecule has 4 nitrogen and oxygen atoms in total. The maximum absolute atomic E-state index is 13.9. The molecule has 0 saturated carbocycles. The highest BCUT2D eigenvalue weighted by Crippen LogP contribution is 2.25. The summed E-state index contributed by atoms with van der Waals surface area (Å²) in [6, 6.07) is 4.31. The van der Waals surface area contributed by atoms with E-state index in [1.165, 1.54) is 22.5 Å². The van der Waals surface area contributed by atoms with E-state index in [0.29, 0.717) is 26.2 Å². The van der Waals surface area contributed by atoms with Crippen molar-refractivity contribution in [2.45, 2.75) is 4.90 Å². The molecule has 0 bridgehead atoms. The minimum atomic E-state index is -3.74. The largest absolute Gasteiger partial charge is 0.304 e. The Morgan fingerprint density at radius 3 is 2.44 bits per heavy atom. The first-order valence-corrected chi connectivity index (χ1v) is 7.79. The average molecular weight is 337 g/mol. The first-order chi connectivity index (χ1) is 8.43. The second kappa shape index (κ2) is 5.24. The predicted molar refractivity (Wildman–Crippen MR) is 70.4 cm³/mol.